The van der Waals surface area contributed by atoms with E-state index in [4.69, 9.17) is 30.3 Å². The molecule has 0 spiro atoms. The highest BCUT2D eigenvalue weighted by Crippen LogP contribution is 2.34. The molecule has 300 valence electrons. The monoisotopic (exact) mass is 784 g/mol. The first-order valence-electron chi connectivity index (χ1n) is 15.5. The maximum absolute atomic E-state index is 13.9. The van der Waals surface area contributed by atoms with Crippen molar-refractivity contribution >= 4 is 35.7 Å². The average Bonchev–Trinajstić information content (AvgIpc) is 3.74. The highest BCUT2D eigenvalue weighted by molar-refractivity contribution is 5.88. The van der Waals surface area contributed by atoms with E-state index in [-0.39, 0.29) is 38.0 Å². The van der Waals surface area contributed by atoms with Crippen LogP contribution >= 0.6 is 0 Å². The van der Waals surface area contributed by atoms with E-state index >= 15 is 0 Å². The summed E-state index contributed by atoms with van der Waals surface area (Å²) in [5, 5.41) is 29.6. The predicted octanol–water partition coefficient (Wildman–Crippen LogP) is 2.51. The molecule has 0 radical (unpaired) electrons. The number of nitrogens with zero attached hydrogens (tertiary/aromatic N) is 1. The molecule has 2 amide bonds. The molecule has 1 saturated heterocycles. The second-order valence-electron chi connectivity index (χ2n) is 11.8. The molecule has 1 heterocycles. The minimum atomic E-state index is -5.08. The van der Waals surface area contributed by atoms with Crippen LogP contribution in [0, 0.1) is 23.4 Å². The summed E-state index contributed by atoms with van der Waals surface area (Å²) in [6.45, 7) is 3.35. The number of carboxylic acid groups (broad SMARTS) is 3. The van der Waals surface area contributed by atoms with Gasteiger partial charge in [0, 0.05) is 37.5 Å². The lowest BCUT2D eigenvalue weighted by molar-refractivity contribution is -0.193. The zero-order valence-corrected chi connectivity index (χ0v) is 27.9. The van der Waals surface area contributed by atoms with Crippen molar-refractivity contribution < 1.29 is 88.3 Å². The number of hydrogen-bond donors (Lipinski definition) is 6. The summed E-state index contributed by atoms with van der Waals surface area (Å²) in [6.07, 6.45) is -8.22. The summed E-state index contributed by atoms with van der Waals surface area (Å²) >= 11 is 0. The molecule has 1 aromatic carbocycles. The minimum Gasteiger partial charge on any atom is -0.480 e. The number of esters is 1. The number of hydrogen-bond acceptors (Lipinski definition) is 9. The highest BCUT2D eigenvalue weighted by Gasteiger charge is 2.43. The SMILES string of the molecule is CCOC(=O)C(CC1CC1)N[C@@H](C)C(=O)N1C[C@@H](NC(=O)C[C@H](N)Cc2cc(F)c(F)cc2F)C[C@H]1C(=O)O.O=C(O)C(F)(F)F.O=C(O)C(F)(F)F. The van der Waals surface area contributed by atoms with Crippen LogP contribution in [-0.4, -0.2) is 112 Å². The topological polar surface area (TPSA) is 226 Å². The van der Waals surface area contributed by atoms with E-state index in [1.54, 1.807) is 13.8 Å². The van der Waals surface area contributed by atoms with E-state index in [1.165, 1.54) is 0 Å². The number of nitrogens with one attached hydrogen (secondary N) is 2. The van der Waals surface area contributed by atoms with Gasteiger partial charge in [0.15, 0.2) is 11.6 Å². The van der Waals surface area contributed by atoms with Gasteiger partial charge in [-0.1, -0.05) is 12.8 Å². The molecule has 1 unspecified atom stereocenters. The van der Waals surface area contributed by atoms with Gasteiger partial charge in [0.05, 0.1) is 12.6 Å². The van der Waals surface area contributed by atoms with Crippen LogP contribution in [0.15, 0.2) is 12.1 Å². The lowest BCUT2D eigenvalue weighted by Gasteiger charge is -2.28. The standard InChI is InChI=1S/C26H35F3N4O6.2C2HF3O2/c1-3-39-26(38)21(6-14-4-5-14)31-13(2)24(35)33-12-17(10-22(33)25(36)37)32-23(34)9-16(30)7-15-8-19(28)20(29)11-18(15)27;2*3-2(4,5)1(6)7/h8,11,13-14,16-17,21-22,31H,3-7,9-10,12,30H2,1-2H3,(H,32,34)(H,36,37);2*(H,6,7)/t13-,16+,17-,21?,22-;;/m0../s1. The van der Waals surface area contributed by atoms with Crippen molar-refractivity contribution in [2.24, 2.45) is 11.7 Å². The van der Waals surface area contributed by atoms with Gasteiger partial charge in [-0.05, 0) is 44.2 Å². The van der Waals surface area contributed by atoms with Crippen molar-refractivity contribution in [1.29, 1.82) is 0 Å². The van der Waals surface area contributed by atoms with E-state index in [1.807, 2.05) is 0 Å². The number of aliphatic carboxylic acids is 3. The van der Waals surface area contributed by atoms with Gasteiger partial charge >= 0.3 is 36.2 Å². The average molecular weight is 785 g/mol. The Morgan fingerprint density at radius 2 is 1.43 bits per heavy atom. The molecule has 1 aromatic rings. The number of alkyl halides is 6. The van der Waals surface area contributed by atoms with E-state index in [9.17, 15) is 63.8 Å². The summed E-state index contributed by atoms with van der Waals surface area (Å²) in [6, 6.07) is -3.28. The van der Waals surface area contributed by atoms with Crippen LogP contribution in [0.1, 0.15) is 51.5 Å². The number of halogens is 9. The fourth-order valence-corrected chi connectivity index (χ4v) is 4.80. The molecule has 23 heteroatoms. The molecule has 5 atom stereocenters. The Bertz CT molecular complexity index is 1450. The van der Waals surface area contributed by atoms with Gasteiger partial charge in [-0.15, -0.1) is 0 Å². The van der Waals surface area contributed by atoms with Crippen molar-refractivity contribution in [3.63, 3.8) is 0 Å². The number of carbonyl (C=O) groups excluding carboxylic acids is 3. The molecular formula is C30H37F9N4O10. The summed E-state index contributed by atoms with van der Waals surface area (Å²) in [5.74, 6) is -11.5. The van der Waals surface area contributed by atoms with Crippen LogP contribution in [0.25, 0.3) is 0 Å². The van der Waals surface area contributed by atoms with E-state index in [0.29, 0.717) is 24.5 Å². The van der Waals surface area contributed by atoms with E-state index in [0.717, 1.165) is 17.7 Å². The molecule has 1 saturated carbocycles. The van der Waals surface area contributed by atoms with Crippen molar-refractivity contribution in [3.8, 4) is 0 Å². The Labute approximate surface area is 294 Å². The van der Waals surface area contributed by atoms with Crippen molar-refractivity contribution in [2.45, 2.75) is 94.9 Å². The summed E-state index contributed by atoms with van der Waals surface area (Å²) < 4.78 is 109. The number of ether oxygens (including phenoxy) is 1. The second-order valence-corrected chi connectivity index (χ2v) is 11.8. The molecular weight excluding hydrogens is 747 g/mol. The van der Waals surface area contributed by atoms with Crippen LogP contribution in [0.2, 0.25) is 0 Å². The van der Waals surface area contributed by atoms with Gasteiger partial charge in [-0.3, -0.25) is 19.7 Å². The van der Waals surface area contributed by atoms with Crippen LogP contribution < -0.4 is 16.4 Å². The first-order valence-corrected chi connectivity index (χ1v) is 15.5. The summed E-state index contributed by atoms with van der Waals surface area (Å²) in [4.78, 5) is 68.9. The number of amides is 2. The number of carbonyl (C=O) groups is 6. The van der Waals surface area contributed by atoms with Crippen molar-refractivity contribution in [1.82, 2.24) is 15.5 Å². The maximum atomic E-state index is 13.9. The Kier molecular flexibility index (Phi) is 17.5. The van der Waals surface area contributed by atoms with Crippen molar-refractivity contribution in [3.05, 3.63) is 35.1 Å². The largest absolute Gasteiger partial charge is 0.490 e. The normalized spacial score (nSPS) is 18.6. The fraction of sp³-hybridized carbons (Fsp3) is 0.600. The highest BCUT2D eigenvalue weighted by atomic mass is 19.4. The number of rotatable bonds is 13. The van der Waals surface area contributed by atoms with E-state index < -0.39 is 95.7 Å². The third-order valence-electron chi connectivity index (χ3n) is 7.40. The Morgan fingerprint density at radius 3 is 1.89 bits per heavy atom. The van der Waals surface area contributed by atoms with Gasteiger partial charge in [-0.2, -0.15) is 26.3 Å². The summed E-state index contributed by atoms with van der Waals surface area (Å²) in [7, 11) is 0. The second kappa shape index (κ2) is 20.0. The quantitative estimate of drug-likeness (QED) is 0.0965. The van der Waals surface area contributed by atoms with Crippen LogP contribution in [-0.2, 0) is 39.9 Å². The van der Waals surface area contributed by atoms with Gasteiger partial charge in [-0.25, -0.2) is 27.6 Å². The van der Waals surface area contributed by atoms with Gasteiger partial charge in [0.25, 0.3) is 0 Å². The zero-order chi connectivity index (χ0) is 41.0. The number of likely N-dealkylation sites (tertiary alicyclic amines) is 1. The third-order valence-corrected chi connectivity index (χ3v) is 7.40. The maximum Gasteiger partial charge on any atom is 0.490 e. The zero-order valence-electron chi connectivity index (χ0n) is 27.9. The van der Waals surface area contributed by atoms with Crippen LogP contribution in [0.4, 0.5) is 39.5 Å². The third kappa shape index (κ3) is 16.3. The van der Waals surface area contributed by atoms with Crippen LogP contribution in [0.5, 0.6) is 0 Å². The summed E-state index contributed by atoms with van der Waals surface area (Å²) in [5.41, 5.74) is 5.73. The number of nitrogens with two attached hydrogens (primary N) is 1. The lowest BCUT2D eigenvalue weighted by atomic mass is 10.0. The Morgan fingerprint density at radius 1 is 0.925 bits per heavy atom. The van der Waals surface area contributed by atoms with Crippen LogP contribution in [0.3, 0.4) is 0 Å². The molecule has 1 aliphatic carbocycles. The molecule has 3 rings (SSSR count). The molecule has 2 fully saturated rings. The van der Waals surface area contributed by atoms with Crippen molar-refractivity contribution in [2.75, 3.05) is 13.2 Å². The Balaban J connectivity index is 0.000000845. The number of benzene rings is 1. The Hall–Kier alpha value is -4.67. The predicted molar refractivity (Wildman–Crippen MR) is 160 cm³/mol. The van der Waals surface area contributed by atoms with E-state index in [2.05, 4.69) is 10.6 Å². The molecule has 7 N–H and O–H groups in total. The fourth-order valence-electron chi connectivity index (χ4n) is 4.80. The molecule has 53 heavy (non-hydrogen) atoms. The number of carboxylic acids is 3. The first-order chi connectivity index (χ1) is 24.3. The smallest absolute Gasteiger partial charge is 0.480 e. The molecule has 2 aliphatic rings. The van der Waals surface area contributed by atoms with Gasteiger partial charge < -0.3 is 36.0 Å². The lowest BCUT2D eigenvalue weighted by Crippen LogP contribution is -2.53. The van der Waals surface area contributed by atoms with Gasteiger partial charge in [0.2, 0.25) is 11.8 Å². The molecule has 0 bridgehead atoms. The molecule has 0 aromatic heterocycles. The molecule has 1 aliphatic heterocycles. The minimum absolute atomic E-state index is 0.0457. The first kappa shape index (κ1) is 46.4. The van der Waals surface area contributed by atoms with Gasteiger partial charge in [0.1, 0.15) is 17.9 Å². The molecule has 14 nitrogen and oxygen atoms in total.